The van der Waals surface area contributed by atoms with Gasteiger partial charge in [-0.1, -0.05) is 26.0 Å². The molecule has 0 saturated carbocycles. The lowest BCUT2D eigenvalue weighted by Gasteiger charge is -2.12. The molecule has 2 aromatic rings. The van der Waals surface area contributed by atoms with Crippen molar-refractivity contribution in [1.82, 2.24) is 15.1 Å². The highest BCUT2D eigenvalue weighted by Gasteiger charge is 2.18. The molecule has 1 aromatic heterocycles. The summed E-state index contributed by atoms with van der Waals surface area (Å²) >= 11 is 0. The van der Waals surface area contributed by atoms with Gasteiger partial charge in [0.1, 0.15) is 0 Å². The van der Waals surface area contributed by atoms with Gasteiger partial charge in [-0.15, -0.1) is 0 Å². The molecular formula is C18H25N3O3. The van der Waals surface area contributed by atoms with Crippen LogP contribution in [-0.4, -0.2) is 38.5 Å². The maximum Gasteiger partial charge on any atom is 0.275 e. The van der Waals surface area contributed by atoms with Crippen molar-refractivity contribution in [1.29, 1.82) is 0 Å². The second-order valence-corrected chi connectivity index (χ2v) is 6.29. The Morgan fingerprint density at radius 2 is 1.92 bits per heavy atom. The summed E-state index contributed by atoms with van der Waals surface area (Å²) in [4.78, 5) is 12.2. The second kappa shape index (κ2) is 7.97. The molecule has 2 rings (SSSR count). The predicted octanol–water partition coefficient (Wildman–Crippen LogP) is 2.59. The molecule has 24 heavy (non-hydrogen) atoms. The first-order chi connectivity index (χ1) is 11.4. The molecule has 0 radical (unpaired) electrons. The van der Waals surface area contributed by atoms with E-state index in [4.69, 9.17) is 5.11 Å². The lowest BCUT2D eigenvalue weighted by molar-refractivity contribution is 0.0928. The third kappa shape index (κ3) is 4.35. The van der Waals surface area contributed by atoms with Gasteiger partial charge in [-0.25, -0.2) is 4.68 Å². The number of amides is 1. The number of aliphatic hydroxyl groups excluding tert-OH is 1. The lowest BCUT2D eigenvalue weighted by atomic mass is 10.0. The van der Waals surface area contributed by atoms with Gasteiger partial charge in [0.15, 0.2) is 11.4 Å². The molecule has 0 spiro atoms. The zero-order valence-electron chi connectivity index (χ0n) is 14.4. The average molecular weight is 331 g/mol. The summed E-state index contributed by atoms with van der Waals surface area (Å²) in [6.45, 7) is 6.18. The van der Waals surface area contributed by atoms with Crippen LogP contribution in [0.15, 0.2) is 30.5 Å². The largest absolute Gasteiger partial charge is 0.504 e. The molecule has 0 fully saturated rings. The minimum Gasteiger partial charge on any atom is -0.504 e. The molecule has 1 atom stereocenters. The van der Waals surface area contributed by atoms with Gasteiger partial charge in [0.2, 0.25) is 0 Å². The fourth-order valence-corrected chi connectivity index (χ4v) is 2.43. The molecule has 0 aliphatic rings. The van der Waals surface area contributed by atoms with Crippen LogP contribution in [0.2, 0.25) is 0 Å². The lowest BCUT2D eigenvalue weighted by Crippen LogP contribution is -2.33. The molecule has 0 saturated heterocycles. The summed E-state index contributed by atoms with van der Waals surface area (Å²) < 4.78 is 1.49. The van der Waals surface area contributed by atoms with Gasteiger partial charge in [0.05, 0.1) is 11.9 Å². The first-order valence-corrected chi connectivity index (χ1v) is 8.23. The third-order valence-corrected chi connectivity index (χ3v) is 3.91. The molecule has 6 nitrogen and oxygen atoms in total. The number of rotatable bonds is 7. The van der Waals surface area contributed by atoms with E-state index in [1.54, 1.807) is 0 Å². The highest BCUT2D eigenvalue weighted by atomic mass is 16.3. The highest BCUT2D eigenvalue weighted by Crippen LogP contribution is 2.20. The molecule has 0 bridgehead atoms. The number of hydrogen-bond acceptors (Lipinski definition) is 4. The minimum atomic E-state index is -0.421. The van der Waals surface area contributed by atoms with E-state index in [-0.39, 0.29) is 24.1 Å². The van der Waals surface area contributed by atoms with Crippen LogP contribution >= 0.6 is 0 Å². The van der Waals surface area contributed by atoms with E-state index in [1.807, 2.05) is 31.2 Å². The summed E-state index contributed by atoms with van der Waals surface area (Å²) in [5, 5.41) is 25.8. The van der Waals surface area contributed by atoms with Gasteiger partial charge >= 0.3 is 0 Å². The zero-order valence-corrected chi connectivity index (χ0v) is 14.4. The number of hydrogen-bond donors (Lipinski definition) is 3. The Labute approximate surface area is 142 Å². The molecule has 1 aromatic carbocycles. The Kier molecular flexibility index (Phi) is 5.98. The standard InChI is InChI=1S/C18H25N3O3/c1-12(2)14-6-8-15(9-7-14)21-11-16(23)17(20-21)18(24)19-13(3)5-4-10-22/h6-9,11-13,22-23H,4-5,10H2,1-3H3,(H,19,24). The normalized spacial score (nSPS) is 12.4. The van der Waals surface area contributed by atoms with Crippen LogP contribution in [0.5, 0.6) is 5.75 Å². The Balaban J connectivity index is 2.13. The molecule has 1 amide bonds. The van der Waals surface area contributed by atoms with E-state index in [9.17, 15) is 9.90 Å². The number of nitrogens with one attached hydrogen (secondary N) is 1. The maximum atomic E-state index is 12.2. The van der Waals surface area contributed by atoms with Crippen LogP contribution in [0.25, 0.3) is 5.69 Å². The molecule has 0 aliphatic carbocycles. The number of nitrogens with zero attached hydrogens (tertiary/aromatic N) is 2. The topological polar surface area (TPSA) is 87.4 Å². The molecule has 1 heterocycles. The summed E-state index contributed by atoms with van der Waals surface area (Å²) in [7, 11) is 0. The van der Waals surface area contributed by atoms with Crippen molar-refractivity contribution in [2.24, 2.45) is 0 Å². The van der Waals surface area contributed by atoms with Gasteiger partial charge in [-0.2, -0.15) is 5.10 Å². The summed E-state index contributed by atoms with van der Waals surface area (Å²) in [6, 6.07) is 7.74. The quantitative estimate of drug-likeness (QED) is 0.728. The Morgan fingerprint density at radius 3 is 2.50 bits per heavy atom. The highest BCUT2D eigenvalue weighted by molar-refractivity contribution is 5.95. The number of aromatic nitrogens is 2. The van der Waals surface area contributed by atoms with E-state index < -0.39 is 5.91 Å². The van der Waals surface area contributed by atoms with E-state index in [2.05, 4.69) is 24.3 Å². The fraction of sp³-hybridized carbons (Fsp3) is 0.444. The third-order valence-electron chi connectivity index (χ3n) is 3.91. The second-order valence-electron chi connectivity index (χ2n) is 6.29. The van der Waals surface area contributed by atoms with Crippen molar-refractivity contribution in [3.8, 4) is 11.4 Å². The van der Waals surface area contributed by atoms with Gasteiger partial charge in [0.25, 0.3) is 5.91 Å². The fourth-order valence-electron chi connectivity index (χ4n) is 2.43. The van der Waals surface area contributed by atoms with E-state index >= 15 is 0 Å². The molecule has 6 heteroatoms. The van der Waals surface area contributed by atoms with Crippen molar-refractivity contribution >= 4 is 5.91 Å². The number of carbonyl (C=O) groups excluding carboxylic acids is 1. The Bertz CT molecular complexity index is 677. The van der Waals surface area contributed by atoms with Crippen LogP contribution in [0.3, 0.4) is 0 Å². The molecule has 1 unspecified atom stereocenters. The molecular weight excluding hydrogens is 306 g/mol. The van der Waals surface area contributed by atoms with Gasteiger partial charge in [-0.3, -0.25) is 4.79 Å². The van der Waals surface area contributed by atoms with Crippen molar-refractivity contribution < 1.29 is 15.0 Å². The van der Waals surface area contributed by atoms with Gasteiger partial charge < -0.3 is 15.5 Å². The number of aromatic hydroxyl groups is 1. The van der Waals surface area contributed by atoms with Crippen LogP contribution in [0.1, 0.15) is 55.6 Å². The first-order valence-electron chi connectivity index (χ1n) is 8.23. The summed E-state index contributed by atoms with van der Waals surface area (Å²) in [5.41, 5.74) is 1.99. The van der Waals surface area contributed by atoms with Crippen molar-refractivity contribution in [2.75, 3.05) is 6.61 Å². The van der Waals surface area contributed by atoms with E-state index in [0.717, 1.165) is 5.69 Å². The molecule has 130 valence electrons. The molecule has 0 aliphatic heterocycles. The molecule has 3 N–H and O–H groups in total. The number of aliphatic hydroxyl groups is 1. The van der Waals surface area contributed by atoms with Crippen LogP contribution in [0.4, 0.5) is 0 Å². The first kappa shape index (κ1) is 18.0. The van der Waals surface area contributed by atoms with Crippen LogP contribution in [0, 0.1) is 0 Å². The van der Waals surface area contributed by atoms with Crippen molar-refractivity contribution in [3.63, 3.8) is 0 Å². The zero-order chi connectivity index (χ0) is 17.7. The average Bonchev–Trinajstić information content (AvgIpc) is 2.95. The Hall–Kier alpha value is -2.34. The van der Waals surface area contributed by atoms with Crippen LogP contribution < -0.4 is 5.32 Å². The number of carbonyl (C=O) groups is 1. The van der Waals surface area contributed by atoms with Crippen molar-refractivity contribution in [2.45, 2.75) is 45.6 Å². The van der Waals surface area contributed by atoms with Crippen LogP contribution in [-0.2, 0) is 0 Å². The number of benzene rings is 1. The van der Waals surface area contributed by atoms with E-state index in [1.165, 1.54) is 16.4 Å². The van der Waals surface area contributed by atoms with E-state index in [0.29, 0.717) is 18.8 Å². The van der Waals surface area contributed by atoms with Gasteiger partial charge in [-0.05, 0) is 43.4 Å². The van der Waals surface area contributed by atoms with Gasteiger partial charge in [0, 0.05) is 12.6 Å². The monoisotopic (exact) mass is 331 g/mol. The predicted molar refractivity (Wildman–Crippen MR) is 92.6 cm³/mol. The SMILES string of the molecule is CC(CCCO)NC(=O)c1nn(-c2ccc(C(C)C)cc2)cc1O. The maximum absolute atomic E-state index is 12.2. The minimum absolute atomic E-state index is 0.00113. The summed E-state index contributed by atoms with van der Waals surface area (Å²) in [5.74, 6) is -0.142. The summed E-state index contributed by atoms with van der Waals surface area (Å²) in [6.07, 6.45) is 2.71. The van der Waals surface area contributed by atoms with Crippen molar-refractivity contribution in [3.05, 3.63) is 41.7 Å². The smallest absolute Gasteiger partial charge is 0.275 e. The Morgan fingerprint density at radius 1 is 1.25 bits per heavy atom.